The Morgan fingerprint density at radius 1 is 0.245 bits per heavy atom. The standard InChI is InChI=1S/C51H34ClN3.C24H17Br.C4H9.C3Cl3N3.Li/c52-51-54-49(39-27-23-37(24-28-39)43-17-9-21-47(33-43)45-19-7-15-41(31-45)35-11-3-1-4-12-35)53-50(55-51)40-29-25-38(26-30-40)44-18-10-22-48(34-44)46-20-8-16-42(32-46)36-13-5-2-6-14-36;25-24-14-12-19(13-15-24)21-9-5-11-23(17-21)22-10-4-8-20(16-22)18-6-2-1-3-7-18;1-3-4-2;4-1-7-2(5)9-3(6)8-1;/h1-34H;1-17H;1,3-4H2,2H3;;/q;;-1;;+1. The summed E-state index contributed by atoms with van der Waals surface area (Å²) in [6.45, 7) is 5.72. The van der Waals surface area contributed by atoms with E-state index >= 15 is 0 Å². The van der Waals surface area contributed by atoms with Crippen molar-refractivity contribution in [3.05, 3.63) is 342 Å². The molecule has 0 saturated carbocycles. The van der Waals surface area contributed by atoms with Crippen molar-refractivity contribution in [2.45, 2.75) is 19.8 Å². The Kier molecular flexibility index (Phi) is 24.3. The van der Waals surface area contributed by atoms with Crippen molar-refractivity contribution in [3.8, 4) is 123 Å². The maximum atomic E-state index is 6.49. The average Bonchev–Trinajstić information content (AvgIpc) is 0.941. The minimum absolute atomic E-state index is 0. The molecule has 14 rings (SSSR count). The van der Waals surface area contributed by atoms with Crippen molar-refractivity contribution in [2.24, 2.45) is 0 Å². The third kappa shape index (κ3) is 18.4. The molecule has 0 spiro atoms. The molecule has 2 aromatic heterocycles. The van der Waals surface area contributed by atoms with Crippen LogP contribution in [0.15, 0.2) is 314 Å². The van der Waals surface area contributed by atoms with Gasteiger partial charge in [-0.25, -0.2) is 4.98 Å². The van der Waals surface area contributed by atoms with Gasteiger partial charge in [-0.05, 0) is 195 Å². The van der Waals surface area contributed by atoms with Crippen LogP contribution in [-0.4, -0.2) is 29.9 Å². The minimum Gasteiger partial charge on any atom is -0.343 e. The van der Waals surface area contributed by atoms with Gasteiger partial charge >= 0.3 is 18.9 Å². The van der Waals surface area contributed by atoms with Crippen molar-refractivity contribution in [3.63, 3.8) is 0 Å². The van der Waals surface area contributed by atoms with Crippen LogP contribution in [0.4, 0.5) is 0 Å². The zero-order chi connectivity index (χ0) is 64.3. The first-order valence-corrected chi connectivity index (χ1v) is 32.5. The molecule has 0 unspecified atom stereocenters. The van der Waals surface area contributed by atoms with E-state index in [1.807, 2.05) is 36.4 Å². The molecule has 12 heteroatoms. The van der Waals surface area contributed by atoms with E-state index in [4.69, 9.17) is 51.4 Å². The van der Waals surface area contributed by atoms with Crippen LogP contribution in [0.5, 0.6) is 0 Å². The molecule has 94 heavy (non-hydrogen) atoms. The van der Waals surface area contributed by atoms with E-state index in [2.05, 4.69) is 328 Å². The first-order valence-electron chi connectivity index (χ1n) is 30.2. The van der Waals surface area contributed by atoms with Gasteiger partial charge in [0.2, 0.25) is 21.1 Å². The predicted octanol–water partition coefficient (Wildman–Crippen LogP) is 21.8. The van der Waals surface area contributed by atoms with Gasteiger partial charge in [-0.15, -0.1) is 0 Å². The van der Waals surface area contributed by atoms with Crippen molar-refractivity contribution >= 4 is 62.3 Å². The Morgan fingerprint density at radius 3 is 0.660 bits per heavy atom. The molecule has 12 aromatic carbocycles. The first-order chi connectivity index (χ1) is 45.5. The molecule has 0 amide bonds. The van der Waals surface area contributed by atoms with Gasteiger partial charge in [-0.2, -0.15) is 31.3 Å². The van der Waals surface area contributed by atoms with Crippen LogP contribution < -0.4 is 18.9 Å². The smallest absolute Gasteiger partial charge is 0.343 e. The van der Waals surface area contributed by atoms with Crippen LogP contribution in [0, 0.1) is 6.92 Å². The first kappa shape index (κ1) is 67.8. The van der Waals surface area contributed by atoms with Gasteiger partial charge in [0.05, 0.1) is 0 Å². The fourth-order valence-corrected chi connectivity index (χ4v) is 11.4. The summed E-state index contributed by atoms with van der Waals surface area (Å²) in [7, 11) is 0. The molecule has 0 bridgehead atoms. The largest absolute Gasteiger partial charge is 1.00 e. The Morgan fingerprint density at radius 2 is 0.426 bits per heavy atom. The monoisotopic (exact) mass is 1350 g/mol. The van der Waals surface area contributed by atoms with E-state index in [-0.39, 0.29) is 40.0 Å². The number of hydrogen-bond donors (Lipinski definition) is 0. The van der Waals surface area contributed by atoms with Crippen LogP contribution >= 0.6 is 62.3 Å². The summed E-state index contributed by atoms with van der Waals surface area (Å²) in [5.74, 6) is 1.06. The topological polar surface area (TPSA) is 77.3 Å². The Labute approximate surface area is 590 Å². The molecule has 0 atom stereocenters. The van der Waals surface area contributed by atoms with Gasteiger partial charge in [0.15, 0.2) is 11.6 Å². The molecule has 454 valence electrons. The number of nitrogens with zero attached hydrogens (tertiary/aromatic N) is 6. The Hall–Kier alpha value is -9.10. The molecular weight excluding hydrogens is 1300 g/mol. The number of halogens is 5. The van der Waals surface area contributed by atoms with Gasteiger partial charge < -0.3 is 6.92 Å². The zero-order valence-corrected chi connectivity index (χ0v) is 56.2. The second-order valence-corrected chi connectivity index (χ2v) is 23.8. The van der Waals surface area contributed by atoms with Gasteiger partial charge in [0, 0.05) is 15.6 Å². The molecule has 0 saturated heterocycles. The van der Waals surface area contributed by atoms with Gasteiger partial charge in [0.25, 0.3) is 0 Å². The van der Waals surface area contributed by atoms with Crippen LogP contribution in [0.1, 0.15) is 19.8 Å². The van der Waals surface area contributed by atoms with Crippen molar-refractivity contribution in [2.75, 3.05) is 0 Å². The molecule has 14 aromatic rings. The molecule has 0 aliphatic carbocycles. The second kappa shape index (κ2) is 33.6. The summed E-state index contributed by atoms with van der Waals surface area (Å²) in [5, 5.41) is 0.157. The normalized spacial score (nSPS) is 10.5. The summed E-state index contributed by atoms with van der Waals surface area (Å²) in [6, 6.07) is 109. The minimum atomic E-state index is 0. The third-order valence-electron chi connectivity index (χ3n) is 15.1. The number of hydrogen-bond acceptors (Lipinski definition) is 6. The summed E-state index contributed by atoms with van der Waals surface area (Å²) >= 11 is 26.0. The number of aromatic nitrogens is 6. The Balaban J connectivity index is 0.000000202. The molecule has 0 aliphatic heterocycles. The van der Waals surface area contributed by atoms with Crippen LogP contribution in [0.2, 0.25) is 21.1 Å². The van der Waals surface area contributed by atoms with E-state index in [9.17, 15) is 0 Å². The van der Waals surface area contributed by atoms with Crippen LogP contribution in [-0.2, 0) is 0 Å². The molecule has 6 nitrogen and oxygen atoms in total. The molecule has 0 fully saturated rings. The molecule has 0 aliphatic rings. The summed E-state index contributed by atoms with van der Waals surface area (Å²) in [5.41, 5.74) is 23.1. The molecule has 2 heterocycles. The summed E-state index contributed by atoms with van der Waals surface area (Å²) in [4.78, 5) is 24.2. The fraction of sp³-hybridized carbons (Fsp3) is 0.0366. The number of unbranched alkanes of at least 4 members (excludes halogenated alkanes) is 1. The van der Waals surface area contributed by atoms with E-state index in [1.165, 1.54) is 84.3 Å². The van der Waals surface area contributed by atoms with E-state index in [0.29, 0.717) is 11.6 Å². The van der Waals surface area contributed by atoms with Gasteiger partial charge in [0.1, 0.15) is 0 Å². The fourth-order valence-electron chi connectivity index (χ4n) is 10.3. The van der Waals surface area contributed by atoms with Crippen LogP contribution in [0.25, 0.3) is 123 Å². The van der Waals surface area contributed by atoms with Gasteiger partial charge in [-0.1, -0.05) is 290 Å². The SMILES string of the molecule is Brc1ccc(-c2cccc(-c3cccc(-c4ccccc4)c3)c2)cc1.Clc1nc(-c2ccc(-c3cccc(-c4cccc(-c5ccccc5)c4)c3)cc2)nc(-c2ccc(-c3cccc(-c4cccc(-c5ccccc5)c4)c3)cc2)n1.Clc1nc(Cl)nc(Cl)n1.[CH2-]CCC.[Li+]. The third-order valence-corrected chi connectivity index (χ3v) is 16.3. The quantitative estimate of drug-likeness (QED) is 0.0896. The van der Waals surface area contributed by atoms with Crippen LogP contribution in [0.3, 0.4) is 0 Å². The summed E-state index contributed by atoms with van der Waals surface area (Å²) in [6.07, 6.45) is 2.28. The van der Waals surface area contributed by atoms with Gasteiger partial charge in [-0.3, -0.25) is 0 Å². The van der Waals surface area contributed by atoms with E-state index < -0.39 is 0 Å². The summed E-state index contributed by atoms with van der Waals surface area (Å²) < 4.78 is 1.10. The van der Waals surface area contributed by atoms with Crippen molar-refractivity contribution in [1.82, 2.24) is 29.9 Å². The van der Waals surface area contributed by atoms with E-state index in [0.717, 1.165) is 44.3 Å². The maximum absolute atomic E-state index is 6.49. The van der Waals surface area contributed by atoms with E-state index in [1.54, 1.807) is 0 Å². The zero-order valence-electron chi connectivity index (χ0n) is 51.6. The van der Waals surface area contributed by atoms with Crippen molar-refractivity contribution < 1.29 is 18.9 Å². The number of rotatable bonds is 12. The van der Waals surface area contributed by atoms with Crippen molar-refractivity contribution in [1.29, 1.82) is 0 Å². The molecule has 0 radical (unpaired) electrons. The average molecular weight is 1360 g/mol. The second-order valence-electron chi connectivity index (χ2n) is 21.5. The molecule has 0 N–H and O–H groups in total. The predicted molar refractivity (Wildman–Crippen MR) is 394 cm³/mol. The number of benzene rings is 12. The molecular formula is C82H60BrCl4LiN6. The Bertz CT molecular complexity index is 4520. The maximum Gasteiger partial charge on any atom is 1.00 e.